The van der Waals surface area contributed by atoms with E-state index in [1.807, 2.05) is 0 Å². The van der Waals surface area contributed by atoms with E-state index < -0.39 is 0 Å². The molecule has 1 N–H and O–H groups in total. The molecular weight excluding hydrogens is 214 g/mol. The zero-order valence-corrected chi connectivity index (χ0v) is 9.34. The minimum absolute atomic E-state index is 0.194. The van der Waals surface area contributed by atoms with E-state index in [4.69, 9.17) is 0 Å². The Morgan fingerprint density at radius 1 is 1.53 bits per heavy atom. The third-order valence-corrected chi connectivity index (χ3v) is 3.39. The van der Waals surface area contributed by atoms with E-state index in [9.17, 15) is 4.79 Å². The first kappa shape index (κ1) is 10.2. The zero-order valence-electron chi connectivity index (χ0n) is 9.34. The number of hydrogen-bond donors (Lipinski definition) is 1. The molecule has 0 saturated heterocycles. The quantitative estimate of drug-likeness (QED) is 0.618. The maximum absolute atomic E-state index is 11.7. The van der Waals surface area contributed by atoms with Crippen molar-refractivity contribution in [2.24, 2.45) is 16.9 Å². The maximum atomic E-state index is 11.7. The maximum Gasteiger partial charge on any atom is 0.272 e. The van der Waals surface area contributed by atoms with Crippen LogP contribution in [-0.2, 0) is 0 Å². The number of carbonyl (C=O) groups excluding carboxylic acids is 1. The van der Waals surface area contributed by atoms with Crippen LogP contribution in [0.4, 0.5) is 0 Å². The lowest BCUT2D eigenvalue weighted by Gasteiger charge is -2.31. The summed E-state index contributed by atoms with van der Waals surface area (Å²) in [7, 11) is 0. The van der Waals surface area contributed by atoms with Gasteiger partial charge in [-0.15, -0.1) is 0 Å². The summed E-state index contributed by atoms with van der Waals surface area (Å²) in [4.78, 5) is 15.6. The summed E-state index contributed by atoms with van der Waals surface area (Å²) >= 11 is 0. The van der Waals surface area contributed by atoms with Gasteiger partial charge >= 0.3 is 0 Å². The molecule has 1 aromatic rings. The fourth-order valence-corrected chi connectivity index (χ4v) is 2.35. The number of fused-ring (bicyclic) bond motifs is 1. The first-order valence-corrected chi connectivity index (χ1v) is 5.78. The standard InChI is InChI=1S/C13H13N3O/c17-13(10-4-2-6-14-8-10)16-15-12-7-9-3-1-5-11(9)12/h1-4,6,8-9,11H,5,7H2,(H,16,17)/t9-,11-/m0/s1. The van der Waals surface area contributed by atoms with Crippen molar-refractivity contribution >= 4 is 11.6 Å². The van der Waals surface area contributed by atoms with Crippen LogP contribution in [0.1, 0.15) is 23.2 Å². The van der Waals surface area contributed by atoms with E-state index in [1.54, 1.807) is 18.3 Å². The van der Waals surface area contributed by atoms with Crippen molar-refractivity contribution < 1.29 is 4.79 Å². The lowest BCUT2D eigenvalue weighted by molar-refractivity contribution is 0.0953. The van der Waals surface area contributed by atoms with Crippen LogP contribution >= 0.6 is 0 Å². The smallest absolute Gasteiger partial charge is 0.267 e. The monoisotopic (exact) mass is 227 g/mol. The molecule has 17 heavy (non-hydrogen) atoms. The largest absolute Gasteiger partial charge is 0.272 e. The van der Waals surface area contributed by atoms with Gasteiger partial charge in [0.15, 0.2) is 0 Å². The average molecular weight is 227 g/mol. The number of hydrogen-bond acceptors (Lipinski definition) is 3. The minimum Gasteiger partial charge on any atom is -0.267 e. The van der Waals surface area contributed by atoms with Crippen LogP contribution in [0.3, 0.4) is 0 Å². The first-order chi connectivity index (χ1) is 8.34. The number of allylic oxidation sites excluding steroid dienone is 2. The summed E-state index contributed by atoms with van der Waals surface area (Å²) in [5, 5.41) is 4.20. The molecule has 1 aromatic heterocycles. The summed E-state index contributed by atoms with van der Waals surface area (Å²) in [5.41, 5.74) is 4.24. The van der Waals surface area contributed by atoms with Gasteiger partial charge in [0.1, 0.15) is 0 Å². The normalized spacial score (nSPS) is 27.6. The Bertz CT molecular complexity index is 493. The predicted octanol–water partition coefficient (Wildman–Crippen LogP) is 1.76. The Kier molecular flexibility index (Phi) is 2.48. The summed E-state index contributed by atoms with van der Waals surface area (Å²) in [5.74, 6) is 0.994. The van der Waals surface area contributed by atoms with Crippen molar-refractivity contribution in [3.05, 3.63) is 42.2 Å². The van der Waals surface area contributed by atoms with Gasteiger partial charge in [-0.2, -0.15) is 5.10 Å². The molecule has 0 aliphatic heterocycles. The molecule has 2 aliphatic carbocycles. The molecule has 1 amide bonds. The molecule has 2 aliphatic rings. The second-order valence-electron chi connectivity index (χ2n) is 4.42. The van der Waals surface area contributed by atoms with Gasteiger partial charge < -0.3 is 0 Å². The molecule has 0 bridgehead atoms. The Morgan fingerprint density at radius 3 is 3.24 bits per heavy atom. The van der Waals surface area contributed by atoms with Gasteiger partial charge in [-0.25, -0.2) is 5.43 Å². The van der Waals surface area contributed by atoms with E-state index in [1.165, 1.54) is 6.20 Å². The minimum atomic E-state index is -0.194. The van der Waals surface area contributed by atoms with Crippen LogP contribution < -0.4 is 5.43 Å². The number of hydrazone groups is 1. The fraction of sp³-hybridized carbons (Fsp3) is 0.308. The van der Waals surface area contributed by atoms with E-state index in [2.05, 4.69) is 27.7 Å². The predicted molar refractivity (Wildman–Crippen MR) is 64.5 cm³/mol. The highest BCUT2D eigenvalue weighted by molar-refractivity contribution is 5.97. The first-order valence-electron chi connectivity index (χ1n) is 5.78. The molecule has 1 heterocycles. The third kappa shape index (κ3) is 1.86. The number of carbonyl (C=O) groups is 1. The van der Waals surface area contributed by atoms with Gasteiger partial charge in [0.2, 0.25) is 0 Å². The van der Waals surface area contributed by atoms with Crippen molar-refractivity contribution in [1.82, 2.24) is 10.4 Å². The van der Waals surface area contributed by atoms with Crippen LogP contribution in [0.5, 0.6) is 0 Å². The molecule has 0 unspecified atom stereocenters. The van der Waals surface area contributed by atoms with Crippen molar-refractivity contribution in [1.29, 1.82) is 0 Å². The van der Waals surface area contributed by atoms with Crippen molar-refractivity contribution in [2.45, 2.75) is 12.8 Å². The van der Waals surface area contributed by atoms with Crippen LogP contribution in [0.15, 0.2) is 41.8 Å². The molecule has 3 rings (SSSR count). The molecule has 1 saturated carbocycles. The number of nitrogens with one attached hydrogen (secondary N) is 1. The van der Waals surface area contributed by atoms with Gasteiger partial charge in [0, 0.05) is 24.0 Å². The van der Waals surface area contributed by atoms with Crippen LogP contribution in [0, 0.1) is 11.8 Å². The van der Waals surface area contributed by atoms with E-state index >= 15 is 0 Å². The number of rotatable bonds is 2. The molecule has 0 radical (unpaired) electrons. The van der Waals surface area contributed by atoms with Crippen LogP contribution in [0.25, 0.3) is 0 Å². The number of pyridine rings is 1. The molecule has 4 nitrogen and oxygen atoms in total. The van der Waals surface area contributed by atoms with Crippen molar-refractivity contribution in [3.8, 4) is 0 Å². The van der Waals surface area contributed by atoms with E-state index in [0.29, 0.717) is 17.4 Å². The van der Waals surface area contributed by atoms with Gasteiger partial charge in [-0.1, -0.05) is 12.2 Å². The molecule has 0 aromatic carbocycles. The highest BCUT2D eigenvalue weighted by atomic mass is 16.2. The van der Waals surface area contributed by atoms with Crippen molar-refractivity contribution in [2.75, 3.05) is 0 Å². The van der Waals surface area contributed by atoms with E-state index in [-0.39, 0.29) is 5.91 Å². The zero-order chi connectivity index (χ0) is 11.7. The molecule has 0 spiro atoms. The number of amides is 1. The molecule has 4 heteroatoms. The molecule has 1 fully saturated rings. The Morgan fingerprint density at radius 2 is 2.47 bits per heavy atom. The van der Waals surface area contributed by atoms with Gasteiger partial charge in [0.05, 0.1) is 5.56 Å². The van der Waals surface area contributed by atoms with E-state index in [0.717, 1.165) is 18.6 Å². The van der Waals surface area contributed by atoms with Gasteiger partial charge in [-0.3, -0.25) is 9.78 Å². The number of nitrogens with zero attached hydrogens (tertiary/aromatic N) is 2. The SMILES string of the molecule is O=C(NN=C1C[C@@H]2C=CC[C@H]12)c1cccnc1. The second kappa shape index (κ2) is 4.13. The second-order valence-corrected chi connectivity index (χ2v) is 4.42. The van der Waals surface area contributed by atoms with Crippen LogP contribution in [-0.4, -0.2) is 16.6 Å². The number of aromatic nitrogens is 1. The highest BCUT2D eigenvalue weighted by Crippen LogP contribution is 2.39. The fourth-order valence-electron chi connectivity index (χ4n) is 2.35. The molecule has 2 atom stereocenters. The average Bonchev–Trinajstić information content (AvgIpc) is 2.72. The lowest BCUT2D eigenvalue weighted by atomic mass is 9.74. The Labute approximate surface area is 99.4 Å². The lowest BCUT2D eigenvalue weighted by Crippen LogP contribution is -2.35. The summed E-state index contributed by atoms with van der Waals surface area (Å²) in [6, 6.07) is 3.46. The summed E-state index contributed by atoms with van der Waals surface area (Å²) in [6.45, 7) is 0. The topological polar surface area (TPSA) is 54.4 Å². The van der Waals surface area contributed by atoms with Crippen LogP contribution in [0.2, 0.25) is 0 Å². The third-order valence-electron chi connectivity index (χ3n) is 3.39. The summed E-state index contributed by atoms with van der Waals surface area (Å²) in [6.07, 6.45) is 9.66. The van der Waals surface area contributed by atoms with Gasteiger partial charge in [-0.05, 0) is 30.9 Å². The molecular formula is C13H13N3O. The Hall–Kier alpha value is -1.97. The summed E-state index contributed by atoms with van der Waals surface area (Å²) < 4.78 is 0. The Balaban J connectivity index is 1.62. The van der Waals surface area contributed by atoms with Crippen molar-refractivity contribution in [3.63, 3.8) is 0 Å². The van der Waals surface area contributed by atoms with Gasteiger partial charge in [0.25, 0.3) is 5.91 Å². The molecule has 86 valence electrons. The highest BCUT2D eigenvalue weighted by Gasteiger charge is 2.37.